The van der Waals surface area contributed by atoms with E-state index in [0.29, 0.717) is 0 Å². The molecule has 3 aromatic rings. The van der Waals surface area contributed by atoms with Crippen molar-refractivity contribution >= 4 is 118 Å². The van der Waals surface area contributed by atoms with Crippen LogP contribution in [0.1, 0.15) is 99.5 Å². The van der Waals surface area contributed by atoms with E-state index in [9.17, 15) is 117 Å². The number of anilines is 1. The van der Waals surface area contributed by atoms with Crippen LogP contribution in [0.5, 0.6) is 0 Å². The molecule has 0 radical (unpaired) electrons. The molecule has 0 saturated carbocycles. The lowest BCUT2D eigenvalue weighted by Crippen LogP contribution is -2.61. The lowest BCUT2D eigenvalue weighted by atomic mass is 9.96. The van der Waals surface area contributed by atoms with E-state index in [4.69, 9.17) is 26.7 Å². The van der Waals surface area contributed by atoms with Gasteiger partial charge < -0.3 is 116 Å². The molecule has 23 N–H and O–H groups in total. The minimum Gasteiger partial charge on any atom is -0.481 e. The number of nitrogens with two attached hydrogens (primary N) is 3. The topological polar surface area (TPSA) is 666 Å². The summed E-state index contributed by atoms with van der Waals surface area (Å²) in [5, 5.41) is 75.0. The molecule has 0 aromatic heterocycles. The number of amides is 13. The minimum atomic E-state index is -2.39. The van der Waals surface area contributed by atoms with Gasteiger partial charge in [-0.3, -0.25) is 81.5 Å². The van der Waals surface area contributed by atoms with Crippen LogP contribution in [0.2, 0.25) is 0 Å². The molecule has 1 aliphatic carbocycles. The molecule has 41 nitrogen and oxygen atoms in total. The van der Waals surface area contributed by atoms with E-state index in [2.05, 4.69) is 42.5 Å². The lowest BCUT2D eigenvalue weighted by molar-refractivity contribution is -0.156. The molecule has 107 heavy (non-hydrogen) atoms. The Morgan fingerprint density at radius 2 is 1.10 bits per heavy atom. The molecule has 1 aliphatic heterocycles. The fraction of sp³-hybridized carbons (Fsp3) is 0.439. The third-order valence-corrected chi connectivity index (χ3v) is 16.4. The van der Waals surface area contributed by atoms with Crippen LogP contribution in [0.3, 0.4) is 0 Å². The van der Waals surface area contributed by atoms with Crippen molar-refractivity contribution < 1.29 is 126 Å². The predicted octanol–water partition coefficient (Wildman–Crippen LogP) is -6.55. The number of aliphatic carboxylic acids is 4. The summed E-state index contributed by atoms with van der Waals surface area (Å²) < 4.78 is 11.2. The lowest BCUT2D eigenvalue weighted by Gasteiger charge is -2.30. The van der Waals surface area contributed by atoms with Crippen LogP contribution in [0.4, 0.5) is 10.5 Å². The molecule has 1 saturated heterocycles. The maximum absolute atomic E-state index is 14.6. The number of para-hydroxylation sites is 1. The van der Waals surface area contributed by atoms with Crippen LogP contribution in [0.25, 0.3) is 11.1 Å². The molecule has 41 heteroatoms. The number of Topliss-reactive ketones (excluding diaryl/α,β-unsaturated/α-hetero) is 1. The van der Waals surface area contributed by atoms with E-state index in [1.54, 1.807) is 0 Å². The van der Waals surface area contributed by atoms with Crippen molar-refractivity contribution in [2.45, 2.75) is 145 Å². The minimum absolute atomic E-state index is 0.131. The van der Waals surface area contributed by atoms with E-state index >= 15 is 0 Å². The highest BCUT2D eigenvalue weighted by atomic mass is 16.6. The molecule has 3 aromatic carbocycles. The number of hydrogen-bond donors (Lipinski definition) is 20. The highest BCUT2D eigenvalue weighted by Gasteiger charge is 2.41. The zero-order chi connectivity index (χ0) is 79.5. The van der Waals surface area contributed by atoms with Gasteiger partial charge in [-0.05, 0) is 67.0 Å². The number of nitrogen functional groups attached to an aromatic ring is 1. The van der Waals surface area contributed by atoms with Crippen molar-refractivity contribution in [1.82, 2.24) is 63.8 Å². The van der Waals surface area contributed by atoms with Crippen LogP contribution < -0.4 is 81.0 Å². The van der Waals surface area contributed by atoms with Crippen molar-refractivity contribution in [3.05, 3.63) is 89.5 Å². The van der Waals surface area contributed by atoms with E-state index in [1.165, 1.54) is 24.3 Å². The van der Waals surface area contributed by atoms with Crippen molar-refractivity contribution in [1.29, 1.82) is 0 Å². The Morgan fingerprint density at radius 3 is 1.67 bits per heavy atom. The number of rotatable bonds is 25. The molecule has 12 unspecified atom stereocenters. The number of cyclic esters (lactones) is 1. The SMILES string of the molecule is CC1NC(=O)C(CC(=O)O)NC(=O)C(CCCNC(=O)OCC2c3ccccc3-c3ccccc32)NC(=O)CNC(=O)C(NC(=O)C(CC(=O)O)NC(=O)C(N)CC(N)=O)C(C)OC(=O)C(CC(=O)c2ccccc2N)NC(=O)C(C(C)CC(=O)O)NC(=O)C(CO)NC(=O)CNC(=O)C(CC(=O)O)NC1=O. The summed E-state index contributed by atoms with van der Waals surface area (Å²) in [4.78, 5) is 255. The third kappa shape index (κ3) is 26.2. The van der Waals surface area contributed by atoms with Crippen molar-refractivity contribution in [3.8, 4) is 11.1 Å². The Bertz CT molecular complexity index is 3870. The maximum Gasteiger partial charge on any atom is 0.407 e. The monoisotopic (exact) mass is 1500 g/mol. The van der Waals surface area contributed by atoms with Gasteiger partial charge in [-0.2, -0.15) is 0 Å². The van der Waals surface area contributed by atoms with Crippen LogP contribution in [0.15, 0.2) is 72.8 Å². The number of alkyl carbamates (subject to hydrolysis) is 1. The smallest absolute Gasteiger partial charge is 0.407 e. The van der Waals surface area contributed by atoms with E-state index < -0.39 is 250 Å². The number of esters is 1. The molecular weight excluding hydrogens is 1420 g/mol. The van der Waals surface area contributed by atoms with Gasteiger partial charge in [0.25, 0.3) is 0 Å². The summed E-state index contributed by atoms with van der Waals surface area (Å²) in [6.07, 6.45) is -10.5. The quantitative estimate of drug-likeness (QED) is 0.0162. The van der Waals surface area contributed by atoms with E-state index in [-0.39, 0.29) is 36.7 Å². The Kier molecular flexibility index (Phi) is 32.1. The number of aliphatic hydroxyl groups excluding tert-OH is 1. The highest BCUT2D eigenvalue weighted by Crippen LogP contribution is 2.44. The van der Waals surface area contributed by atoms with Gasteiger partial charge in [0, 0.05) is 30.1 Å². The Hall–Kier alpha value is -12.7. The summed E-state index contributed by atoms with van der Waals surface area (Å²) in [6, 6.07) is -0.727. The molecule has 13 amide bonds. The number of aliphatic hydroxyl groups is 1. The molecular formula is C66H83N15O26. The molecule has 0 spiro atoms. The number of carboxylic acid groups (broad SMARTS) is 4. The highest BCUT2D eigenvalue weighted by molar-refractivity contribution is 6.05. The van der Waals surface area contributed by atoms with Gasteiger partial charge in [-0.25, -0.2) is 9.59 Å². The van der Waals surface area contributed by atoms with E-state index in [1.807, 2.05) is 69.8 Å². The number of fused-ring (bicyclic) bond motifs is 3. The number of carbonyl (C=O) groups is 19. The molecule has 0 bridgehead atoms. The van der Waals surface area contributed by atoms with Crippen LogP contribution in [0, 0.1) is 5.92 Å². The first-order valence-electron chi connectivity index (χ1n) is 32.9. The largest absolute Gasteiger partial charge is 0.481 e. The number of benzene rings is 3. The fourth-order valence-corrected chi connectivity index (χ4v) is 11.0. The van der Waals surface area contributed by atoms with Gasteiger partial charge in [0.05, 0.1) is 57.8 Å². The van der Waals surface area contributed by atoms with Gasteiger partial charge >= 0.3 is 35.9 Å². The number of nitrogens with one attached hydrogen (secondary N) is 12. The average molecular weight is 1500 g/mol. The van der Waals surface area contributed by atoms with Gasteiger partial charge in [0.15, 0.2) is 5.78 Å². The molecule has 1 fully saturated rings. The van der Waals surface area contributed by atoms with Crippen molar-refractivity contribution in [3.63, 3.8) is 0 Å². The second-order valence-electron chi connectivity index (χ2n) is 24.7. The molecule has 578 valence electrons. The standard InChI is InChI=1S/C66H83N15O26/c1-29(19-50(87)88)54-64(103)79-44(21-46(83)36-15-8-9-16-38(36)67)65(104)107-31(3)55(81-61(100)43(24-53(93)94)77-57(96)39(68)20-47(69)84)63(102)72-26-48(85)74-40(17-10-18-70-66(105)106-28-37-34-13-6-4-11-32(34)33-12-5-7-14-35(33)37)59(98)78-42(23-52(91)92)60(99)73-30(2)56(95)76-41(22-51(89)90)58(97)71-25-49(86)75-45(27-82)62(101)80-54/h4-9,11-16,29-31,37,39-45,54-55,82H,10,17-28,67-68H2,1-3H3,(H2,69,84)(H,70,105)(H,71,97)(H,72,102)(H,73,99)(H,74,85)(H,75,86)(H,76,95)(H,77,96)(H,78,98)(H,79,103)(H,80,101)(H,81,100)(H,87,88)(H,89,90)(H,91,92)(H,93,94). The summed E-state index contributed by atoms with van der Waals surface area (Å²) in [5.74, 6) is -28.1. The molecule has 1 heterocycles. The average Bonchev–Trinajstić information content (AvgIpc) is 1.62. The predicted molar refractivity (Wildman–Crippen MR) is 364 cm³/mol. The Labute approximate surface area is 607 Å². The fourth-order valence-electron chi connectivity index (χ4n) is 11.0. The summed E-state index contributed by atoms with van der Waals surface area (Å²) >= 11 is 0. The first-order chi connectivity index (χ1) is 50.5. The van der Waals surface area contributed by atoms with Crippen molar-refractivity contribution in [2.24, 2.45) is 17.4 Å². The number of ketones is 1. The Balaban J connectivity index is 1.57. The molecule has 2 aliphatic rings. The first kappa shape index (κ1) is 85.0. The Morgan fingerprint density at radius 1 is 0.579 bits per heavy atom. The number of ether oxygens (including phenoxy) is 2. The third-order valence-electron chi connectivity index (χ3n) is 16.4. The molecule has 5 rings (SSSR count). The van der Waals surface area contributed by atoms with Gasteiger partial charge in [0.1, 0.15) is 67.1 Å². The second kappa shape index (κ2) is 40.4. The van der Waals surface area contributed by atoms with Crippen LogP contribution in [-0.4, -0.2) is 238 Å². The van der Waals surface area contributed by atoms with E-state index in [0.717, 1.165) is 43.0 Å². The van der Waals surface area contributed by atoms with Crippen molar-refractivity contribution in [2.75, 3.05) is 38.6 Å². The molecule has 12 atom stereocenters. The van der Waals surface area contributed by atoms with Gasteiger partial charge in [-0.1, -0.05) is 67.6 Å². The second-order valence-corrected chi connectivity index (χ2v) is 24.7. The zero-order valence-corrected chi connectivity index (χ0v) is 57.7. The summed E-state index contributed by atoms with van der Waals surface area (Å²) in [7, 11) is 0. The number of carboxylic acids is 4. The summed E-state index contributed by atoms with van der Waals surface area (Å²) in [5.41, 5.74) is 20.1. The van der Waals surface area contributed by atoms with Gasteiger partial charge in [-0.15, -0.1) is 0 Å². The normalized spacial score (nSPS) is 22.0. The van der Waals surface area contributed by atoms with Crippen LogP contribution in [-0.2, 0) is 91.0 Å². The van der Waals surface area contributed by atoms with Crippen LogP contribution >= 0.6 is 0 Å². The number of hydrogen-bond acceptors (Lipinski definition) is 24. The first-order valence-corrected chi connectivity index (χ1v) is 32.9. The number of carbonyl (C=O) groups excluding carboxylic acids is 15. The zero-order valence-electron chi connectivity index (χ0n) is 57.7. The maximum atomic E-state index is 14.6. The van der Waals surface area contributed by atoms with Gasteiger partial charge in [0.2, 0.25) is 70.9 Å². The summed E-state index contributed by atoms with van der Waals surface area (Å²) in [6.45, 7) is -1.22. The number of primary amides is 1.